The molecule has 1 fully saturated rings. The van der Waals surface area contributed by atoms with Crippen LogP contribution in [0.4, 0.5) is 0 Å². The maximum absolute atomic E-state index is 5.75. The SMILES string of the molecule is NCC1CCc2nc(C3CCOCC3)ncc2C1. The van der Waals surface area contributed by atoms with E-state index in [9.17, 15) is 0 Å². The summed E-state index contributed by atoms with van der Waals surface area (Å²) >= 11 is 0. The van der Waals surface area contributed by atoms with Crippen molar-refractivity contribution < 1.29 is 4.74 Å². The maximum atomic E-state index is 5.75. The number of aromatic nitrogens is 2. The third kappa shape index (κ3) is 2.40. The second-order valence-corrected chi connectivity index (χ2v) is 5.43. The molecule has 98 valence electrons. The van der Waals surface area contributed by atoms with Crippen LogP contribution in [-0.4, -0.2) is 29.7 Å². The third-order valence-electron chi connectivity index (χ3n) is 4.19. The number of hydrogen-bond acceptors (Lipinski definition) is 4. The van der Waals surface area contributed by atoms with Gasteiger partial charge in [-0.15, -0.1) is 0 Å². The summed E-state index contributed by atoms with van der Waals surface area (Å²) in [5.41, 5.74) is 8.33. The first-order valence-corrected chi connectivity index (χ1v) is 6.99. The van der Waals surface area contributed by atoms with Crippen LogP contribution in [0.15, 0.2) is 6.20 Å². The van der Waals surface area contributed by atoms with Crippen LogP contribution in [0.1, 0.15) is 42.3 Å². The molecule has 1 atom stereocenters. The van der Waals surface area contributed by atoms with Gasteiger partial charge in [-0.1, -0.05) is 0 Å². The van der Waals surface area contributed by atoms with Gasteiger partial charge in [-0.3, -0.25) is 0 Å². The third-order valence-corrected chi connectivity index (χ3v) is 4.19. The minimum Gasteiger partial charge on any atom is -0.381 e. The van der Waals surface area contributed by atoms with Gasteiger partial charge >= 0.3 is 0 Å². The Hall–Kier alpha value is -1.00. The van der Waals surface area contributed by atoms with Crippen molar-refractivity contribution in [2.45, 2.75) is 38.0 Å². The van der Waals surface area contributed by atoms with Gasteiger partial charge in [0.2, 0.25) is 0 Å². The van der Waals surface area contributed by atoms with Crippen molar-refractivity contribution >= 4 is 0 Å². The van der Waals surface area contributed by atoms with Gasteiger partial charge in [0.05, 0.1) is 0 Å². The van der Waals surface area contributed by atoms with Crippen LogP contribution in [-0.2, 0) is 17.6 Å². The zero-order valence-electron chi connectivity index (χ0n) is 10.8. The Labute approximate surface area is 108 Å². The fourth-order valence-corrected chi connectivity index (χ4v) is 2.95. The number of aryl methyl sites for hydroxylation is 1. The van der Waals surface area contributed by atoms with Crippen molar-refractivity contribution in [3.05, 3.63) is 23.3 Å². The molecule has 0 bridgehead atoms. The van der Waals surface area contributed by atoms with Crippen LogP contribution < -0.4 is 5.73 Å². The summed E-state index contributed by atoms with van der Waals surface area (Å²) in [7, 11) is 0. The zero-order valence-corrected chi connectivity index (χ0v) is 10.8. The van der Waals surface area contributed by atoms with Crippen LogP contribution in [0.2, 0.25) is 0 Å². The average Bonchev–Trinajstić information content (AvgIpc) is 2.47. The summed E-state index contributed by atoms with van der Waals surface area (Å²) in [6.07, 6.45) is 7.45. The van der Waals surface area contributed by atoms with Gasteiger partial charge in [0.1, 0.15) is 5.82 Å². The number of ether oxygens (including phenoxy) is 1. The van der Waals surface area contributed by atoms with Crippen LogP contribution in [0.3, 0.4) is 0 Å². The molecule has 2 N–H and O–H groups in total. The Morgan fingerprint density at radius 3 is 2.89 bits per heavy atom. The molecule has 0 amide bonds. The van der Waals surface area contributed by atoms with E-state index < -0.39 is 0 Å². The first kappa shape index (κ1) is 12.1. The van der Waals surface area contributed by atoms with Crippen molar-refractivity contribution in [1.29, 1.82) is 0 Å². The summed E-state index contributed by atoms with van der Waals surface area (Å²) in [4.78, 5) is 9.38. The van der Waals surface area contributed by atoms with E-state index in [0.717, 1.165) is 51.3 Å². The Morgan fingerprint density at radius 1 is 1.28 bits per heavy atom. The van der Waals surface area contributed by atoms with Gasteiger partial charge < -0.3 is 10.5 Å². The van der Waals surface area contributed by atoms with Gasteiger partial charge in [-0.05, 0) is 50.1 Å². The zero-order chi connectivity index (χ0) is 12.4. The number of hydrogen-bond donors (Lipinski definition) is 1. The molecule has 1 aliphatic heterocycles. The number of rotatable bonds is 2. The monoisotopic (exact) mass is 247 g/mol. The Bertz CT molecular complexity index is 416. The van der Waals surface area contributed by atoms with Gasteiger partial charge in [-0.25, -0.2) is 9.97 Å². The van der Waals surface area contributed by atoms with Crippen molar-refractivity contribution in [3.8, 4) is 0 Å². The largest absolute Gasteiger partial charge is 0.381 e. The van der Waals surface area contributed by atoms with Gasteiger partial charge in [0, 0.05) is 31.0 Å². The van der Waals surface area contributed by atoms with Crippen molar-refractivity contribution in [2.24, 2.45) is 11.7 Å². The van der Waals surface area contributed by atoms with E-state index in [-0.39, 0.29) is 0 Å². The molecule has 2 heterocycles. The predicted molar refractivity (Wildman–Crippen MR) is 69.4 cm³/mol. The standard InChI is InChI=1S/C14H21N3O/c15-8-10-1-2-13-12(7-10)9-16-14(17-13)11-3-5-18-6-4-11/h9-11H,1-8,15H2. The Balaban J connectivity index is 1.78. The molecule has 1 aromatic rings. The molecule has 3 rings (SSSR count). The van der Waals surface area contributed by atoms with Crippen LogP contribution in [0.5, 0.6) is 0 Å². The highest BCUT2D eigenvalue weighted by molar-refractivity contribution is 5.22. The summed E-state index contributed by atoms with van der Waals surface area (Å²) in [6, 6.07) is 0. The summed E-state index contributed by atoms with van der Waals surface area (Å²) < 4.78 is 5.39. The molecule has 1 aliphatic carbocycles. The molecule has 1 unspecified atom stereocenters. The van der Waals surface area contributed by atoms with Gasteiger partial charge in [0.15, 0.2) is 0 Å². The topological polar surface area (TPSA) is 61.0 Å². The van der Waals surface area contributed by atoms with Crippen molar-refractivity contribution in [2.75, 3.05) is 19.8 Å². The van der Waals surface area contributed by atoms with Crippen LogP contribution in [0.25, 0.3) is 0 Å². The summed E-state index contributed by atoms with van der Waals surface area (Å²) in [6.45, 7) is 2.47. The highest BCUT2D eigenvalue weighted by Gasteiger charge is 2.23. The second kappa shape index (κ2) is 5.33. The van der Waals surface area contributed by atoms with Gasteiger partial charge in [-0.2, -0.15) is 0 Å². The molecule has 0 spiro atoms. The van der Waals surface area contributed by atoms with Crippen molar-refractivity contribution in [1.82, 2.24) is 9.97 Å². The summed E-state index contributed by atoms with van der Waals surface area (Å²) in [5, 5.41) is 0. The van der Waals surface area contributed by atoms with E-state index in [1.807, 2.05) is 6.20 Å². The molecule has 0 radical (unpaired) electrons. The maximum Gasteiger partial charge on any atom is 0.131 e. The molecule has 2 aliphatic rings. The number of nitrogens with two attached hydrogens (primary N) is 1. The molecule has 4 heteroatoms. The molecule has 1 saturated heterocycles. The molecular weight excluding hydrogens is 226 g/mol. The Kier molecular flexibility index (Phi) is 3.57. The normalized spacial score (nSPS) is 24.8. The van der Waals surface area contributed by atoms with E-state index in [1.165, 1.54) is 17.7 Å². The lowest BCUT2D eigenvalue weighted by Crippen LogP contribution is -2.24. The fraction of sp³-hybridized carbons (Fsp3) is 0.714. The lowest BCUT2D eigenvalue weighted by atomic mass is 9.87. The highest BCUT2D eigenvalue weighted by Crippen LogP contribution is 2.27. The first-order chi connectivity index (χ1) is 8.86. The van der Waals surface area contributed by atoms with Crippen molar-refractivity contribution in [3.63, 3.8) is 0 Å². The smallest absolute Gasteiger partial charge is 0.131 e. The Morgan fingerprint density at radius 2 is 2.11 bits per heavy atom. The predicted octanol–water partition coefficient (Wildman–Crippen LogP) is 1.43. The molecule has 0 saturated carbocycles. The summed E-state index contributed by atoms with van der Waals surface area (Å²) in [5.74, 6) is 2.15. The molecule has 4 nitrogen and oxygen atoms in total. The van der Waals surface area contributed by atoms with E-state index >= 15 is 0 Å². The molecular formula is C14H21N3O. The van der Waals surface area contributed by atoms with E-state index in [4.69, 9.17) is 15.5 Å². The van der Waals surface area contributed by atoms with E-state index in [1.54, 1.807) is 0 Å². The first-order valence-electron chi connectivity index (χ1n) is 6.99. The highest BCUT2D eigenvalue weighted by atomic mass is 16.5. The minimum atomic E-state index is 0.497. The number of fused-ring (bicyclic) bond motifs is 1. The van der Waals surface area contributed by atoms with Gasteiger partial charge in [0.25, 0.3) is 0 Å². The fourth-order valence-electron chi connectivity index (χ4n) is 2.95. The average molecular weight is 247 g/mol. The molecule has 1 aromatic heterocycles. The second-order valence-electron chi connectivity index (χ2n) is 5.43. The van der Waals surface area contributed by atoms with Crippen LogP contribution in [0, 0.1) is 5.92 Å². The van der Waals surface area contributed by atoms with E-state index in [2.05, 4.69) is 4.98 Å². The number of nitrogens with zero attached hydrogens (tertiary/aromatic N) is 2. The van der Waals surface area contributed by atoms with Crippen LogP contribution >= 0.6 is 0 Å². The quantitative estimate of drug-likeness (QED) is 0.859. The molecule has 0 aromatic carbocycles. The van der Waals surface area contributed by atoms with E-state index in [0.29, 0.717) is 11.8 Å². The molecule has 18 heavy (non-hydrogen) atoms. The minimum absolute atomic E-state index is 0.497. The lowest BCUT2D eigenvalue weighted by molar-refractivity contribution is 0.0835. The lowest BCUT2D eigenvalue weighted by Gasteiger charge is -2.25.